The molecule has 0 atom stereocenters. The van der Waals surface area contributed by atoms with Crippen molar-refractivity contribution in [1.29, 1.82) is 0 Å². The normalized spacial score (nSPS) is 17.9. The van der Waals surface area contributed by atoms with Crippen molar-refractivity contribution in [2.45, 2.75) is 25.2 Å². The van der Waals surface area contributed by atoms with Gasteiger partial charge in [0.15, 0.2) is 0 Å². The Labute approximate surface area is 95.8 Å². The number of halogens is 2. The molecule has 1 saturated carbocycles. The van der Waals surface area contributed by atoms with Gasteiger partial charge in [0.25, 0.3) is 0 Å². The summed E-state index contributed by atoms with van der Waals surface area (Å²) < 4.78 is 13.9. The highest BCUT2D eigenvalue weighted by Gasteiger charge is 2.48. The largest absolute Gasteiger partial charge is 0.299 e. The van der Waals surface area contributed by atoms with E-state index in [0.29, 0.717) is 3.57 Å². The Hall–Kier alpha value is -0.450. The fourth-order valence-electron chi connectivity index (χ4n) is 1.76. The molecule has 0 unspecified atom stereocenters. The van der Waals surface area contributed by atoms with Crippen LogP contribution in [0.25, 0.3) is 0 Å². The predicted molar refractivity (Wildman–Crippen MR) is 60.7 cm³/mol. The Morgan fingerprint density at radius 1 is 1.50 bits per heavy atom. The Morgan fingerprint density at radius 3 is 2.57 bits per heavy atom. The summed E-state index contributed by atoms with van der Waals surface area (Å²) in [7, 11) is 0. The highest BCUT2D eigenvalue weighted by Crippen LogP contribution is 2.49. The van der Waals surface area contributed by atoms with Crippen molar-refractivity contribution in [3.8, 4) is 0 Å². The molecule has 0 aromatic heterocycles. The standard InChI is InChI=1S/C11H10FIO/c1-7(14)11(4-5-11)8-2-3-10(13)9(12)6-8/h2-3,6H,4-5H2,1H3. The first-order chi connectivity index (χ1) is 6.56. The molecule has 14 heavy (non-hydrogen) atoms. The van der Waals surface area contributed by atoms with Crippen LogP contribution in [-0.4, -0.2) is 5.78 Å². The molecular weight excluding hydrogens is 294 g/mol. The van der Waals surface area contributed by atoms with Gasteiger partial charge in [-0.3, -0.25) is 4.79 Å². The lowest BCUT2D eigenvalue weighted by molar-refractivity contribution is -0.119. The molecule has 1 fully saturated rings. The van der Waals surface area contributed by atoms with Gasteiger partial charge in [-0.05, 0) is 60.1 Å². The van der Waals surface area contributed by atoms with Crippen molar-refractivity contribution < 1.29 is 9.18 Å². The molecule has 0 amide bonds. The smallest absolute Gasteiger partial charge is 0.140 e. The van der Waals surface area contributed by atoms with Crippen molar-refractivity contribution in [2.75, 3.05) is 0 Å². The zero-order chi connectivity index (χ0) is 10.3. The number of ketones is 1. The van der Waals surface area contributed by atoms with E-state index in [-0.39, 0.29) is 17.0 Å². The Morgan fingerprint density at radius 2 is 2.14 bits per heavy atom. The Bertz CT molecular complexity index is 396. The average Bonchev–Trinajstić information content (AvgIpc) is 2.90. The highest BCUT2D eigenvalue weighted by atomic mass is 127. The maximum atomic E-state index is 13.3. The van der Waals surface area contributed by atoms with Gasteiger partial charge < -0.3 is 0 Å². The molecule has 0 spiro atoms. The summed E-state index contributed by atoms with van der Waals surface area (Å²) in [6.07, 6.45) is 1.73. The van der Waals surface area contributed by atoms with E-state index in [1.165, 1.54) is 6.07 Å². The van der Waals surface area contributed by atoms with E-state index in [9.17, 15) is 9.18 Å². The van der Waals surface area contributed by atoms with Gasteiger partial charge in [0.05, 0.1) is 5.41 Å². The van der Waals surface area contributed by atoms with Crippen LogP contribution < -0.4 is 0 Å². The van der Waals surface area contributed by atoms with Crippen molar-refractivity contribution in [1.82, 2.24) is 0 Å². The van der Waals surface area contributed by atoms with Gasteiger partial charge in [-0.1, -0.05) is 6.07 Å². The second-order valence-corrected chi connectivity index (χ2v) is 4.93. The van der Waals surface area contributed by atoms with E-state index in [1.54, 1.807) is 13.0 Å². The van der Waals surface area contributed by atoms with Crippen LogP contribution in [0.1, 0.15) is 25.3 Å². The molecule has 0 N–H and O–H groups in total. The highest BCUT2D eigenvalue weighted by molar-refractivity contribution is 14.1. The van der Waals surface area contributed by atoms with Crippen molar-refractivity contribution in [3.05, 3.63) is 33.1 Å². The zero-order valence-corrected chi connectivity index (χ0v) is 9.97. The van der Waals surface area contributed by atoms with E-state index in [2.05, 4.69) is 0 Å². The van der Waals surface area contributed by atoms with Crippen molar-refractivity contribution in [3.63, 3.8) is 0 Å². The van der Waals surface area contributed by atoms with Crippen LogP contribution in [0.5, 0.6) is 0 Å². The summed E-state index contributed by atoms with van der Waals surface area (Å²) >= 11 is 1.95. The Balaban J connectivity index is 2.43. The molecule has 0 heterocycles. The number of rotatable bonds is 2. The predicted octanol–water partition coefficient (Wildman–Crippen LogP) is 3.05. The van der Waals surface area contributed by atoms with Gasteiger partial charge in [-0.25, -0.2) is 4.39 Å². The lowest BCUT2D eigenvalue weighted by atomic mass is 9.92. The third kappa shape index (κ3) is 1.47. The van der Waals surface area contributed by atoms with E-state index in [1.807, 2.05) is 28.7 Å². The molecule has 3 heteroatoms. The summed E-state index contributed by atoms with van der Waals surface area (Å²) in [6.45, 7) is 1.59. The number of hydrogen-bond acceptors (Lipinski definition) is 1. The fraction of sp³-hybridized carbons (Fsp3) is 0.364. The van der Waals surface area contributed by atoms with E-state index < -0.39 is 0 Å². The average molecular weight is 304 g/mol. The van der Waals surface area contributed by atoms with Crippen LogP contribution in [0.2, 0.25) is 0 Å². The number of Topliss-reactive ketones (excluding diaryl/α,β-unsaturated/α-hetero) is 1. The van der Waals surface area contributed by atoms with Crippen LogP contribution >= 0.6 is 22.6 Å². The fourth-order valence-corrected chi connectivity index (χ4v) is 2.10. The molecule has 1 nitrogen and oxygen atoms in total. The summed E-state index contributed by atoms with van der Waals surface area (Å²) in [4.78, 5) is 11.4. The summed E-state index contributed by atoms with van der Waals surface area (Å²) in [5.41, 5.74) is 0.480. The molecule has 1 aromatic carbocycles. The maximum Gasteiger partial charge on any atom is 0.140 e. The first-order valence-corrected chi connectivity index (χ1v) is 5.61. The minimum atomic E-state index is -0.356. The molecular formula is C11H10FIO. The Kier molecular flexibility index (Phi) is 2.37. The van der Waals surface area contributed by atoms with Crippen LogP contribution in [-0.2, 0) is 10.2 Å². The van der Waals surface area contributed by atoms with Gasteiger partial charge in [-0.15, -0.1) is 0 Å². The summed E-state index contributed by atoms with van der Waals surface area (Å²) in [5, 5.41) is 0. The minimum absolute atomic E-state index is 0.151. The minimum Gasteiger partial charge on any atom is -0.299 e. The molecule has 1 aliphatic carbocycles. The van der Waals surface area contributed by atoms with Crippen molar-refractivity contribution >= 4 is 28.4 Å². The first-order valence-electron chi connectivity index (χ1n) is 4.53. The summed E-state index contributed by atoms with van der Waals surface area (Å²) in [6, 6.07) is 5.09. The topological polar surface area (TPSA) is 17.1 Å². The maximum absolute atomic E-state index is 13.3. The first kappa shape index (κ1) is 10.1. The van der Waals surface area contributed by atoms with Gasteiger partial charge in [-0.2, -0.15) is 0 Å². The van der Waals surface area contributed by atoms with Crippen molar-refractivity contribution in [2.24, 2.45) is 0 Å². The van der Waals surface area contributed by atoms with Crippen LogP contribution in [0.3, 0.4) is 0 Å². The molecule has 1 aromatic rings. The molecule has 74 valence electrons. The van der Waals surface area contributed by atoms with Gasteiger partial charge in [0, 0.05) is 3.57 Å². The van der Waals surface area contributed by atoms with E-state index >= 15 is 0 Å². The quantitative estimate of drug-likeness (QED) is 0.768. The van der Waals surface area contributed by atoms with Gasteiger partial charge in [0.2, 0.25) is 0 Å². The number of hydrogen-bond donors (Lipinski definition) is 0. The molecule has 2 rings (SSSR count). The van der Waals surface area contributed by atoms with Crippen LogP contribution in [0.15, 0.2) is 18.2 Å². The van der Waals surface area contributed by atoms with Gasteiger partial charge in [0.1, 0.15) is 11.6 Å². The molecule has 1 aliphatic rings. The SMILES string of the molecule is CC(=O)C1(c2ccc(I)c(F)c2)CC1. The zero-order valence-electron chi connectivity index (χ0n) is 7.81. The molecule has 0 bridgehead atoms. The number of benzene rings is 1. The third-order valence-electron chi connectivity index (χ3n) is 2.90. The molecule has 0 radical (unpaired) electrons. The van der Waals surface area contributed by atoms with Gasteiger partial charge >= 0.3 is 0 Å². The monoisotopic (exact) mass is 304 g/mol. The summed E-state index contributed by atoms with van der Waals surface area (Å²) in [5.74, 6) is -0.0752. The lowest BCUT2D eigenvalue weighted by Crippen LogP contribution is -2.17. The van der Waals surface area contributed by atoms with E-state index in [0.717, 1.165) is 18.4 Å². The molecule has 0 aliphatic heterocycles. The second kappa shape index (κ2) is 3.29. The number of carbonyl (C=O) groups is 1. The lowest BCUT2D eigenvalue weighted by Gasteiger charge is -2.11. The van der Waals surface area contributed by atoms with Crippen LogP contribution in [0, 0.1) is 9.39 Å². The second-order valence-electron chi connectivity index (χ2n) is 3.77. The third-order valence-corrected chi connectivity index (χ3v) is 3.77. The van der Waals surface area contributed by atoms with E-state index in [4.69, 9.17) is 0 Å². The number of carbonyl (C=O) groups excluding carboxylic acids is 1. The van der Waals surface area contributed by atoms with Crippen LogP contribution in [0.4, 0.5) is 4.39 Å². The molecule has 0 saturated heterocycles.